The molecule has 1 aromatic rings. The highest BCUT2D eigenvalue weighted by Crippen LogP contribution is 2.11. The van der Waals surface area contributed by atoms with Crippen molar-refractivity contribution < 1.29 is 9.53 Å². The minimum absolute atomic E-state index is 0.121. The summed E-state index contributed by atoms with van der Waals surface area (Å²) >= 11 is 0. The first-order chi connectivity index (χ1) is 11.3. The zero-order valence-electron chi connectivity index (χ0n) is 14.4. The number of likely N-dealkylation sites (tertiary alicyclic amines) is 1. The van der Waals surface area contributed by atoms with Crippen LogP contribution in [-0.4, -0.2) is 37.0 Å². The molecular weight excluding hydrogens is 288 g/mol. The summed E-state index contributed by atoms with van der Waals surface area (Å²) in [4.78, 5) is 14.5. The van der Waals surface area contributed by atoms with Crippen LogP contribution in [0.4, 0.5) is 0 Å². The Hall–Kier alpha value is -1.39. The third kappa shape index (κ3) is 6.71. The summed E-state index contributed by atoms with van der Waals surface area (Å²) in [6, 6.07) is 8.18. The number of hydrogen-bond donors (Lipinski definition) is 1. The first-order valence-electron chi connectivity index (χ1n) is 8.93. The molecule has 1 saturated heterocycles. The fraction of sp³-hybridized carbons (Fsp3) is 0.632. The Balaban J connectivity index is 1.79. The average Bonchev–Trinajstić information content (AvgIpc) is 2.83. The number of carbonyl (C=O) groups is 1. The first-order valence-corrected chi connectivity index (χ1v) is 8.93. The lowest BCUT2D eigenvalue weighted by Crippen LogP contribution is -2.37. The second-order valence-electron chi connectivity index (χ2n) is 6.29. The van der Waals surface area contributed by atoms with Crippen molar-refractivity contribution in [3.63, 3.8) is 0 Å². The average molecular weight is 318 g/mol. The number of nitrogens with one attached hydrogen (secondary N) is 1. The molecule has 23 heavy (non-hydrogen) atoms. The van der Waals surface area contributed by atoms with Crippen molar-refractivity contribution in [2.24, 2.45) is 0 Å². The van der Waals surface area contributed by atoms with Crippen molar-refractivity contribution in [3.8, 4) is 0 Å². The Kier molecular flexibility index (Phi) is 8.12. The van der Waals surface area contributed by atoms with Crippen molar-refractivity contribution in [2.75, 3.05) is 26.2 Å². The van der Waals surface area contributed by atoms with Crippen LogP contribution in [0, 0.1) is 0 Å². The van der Waals surface area contributed by atoms with E-state index in [1.165, 1.54) is 25.7 Å². The van der Waals surface area contributed by atoms with E-state index >= 15 is 0 Å². The standard InChI is InChI=1S/C19H30N2O2/c1-2-13-23-16-18-10-6-5-9-17(18)14-20-19(22)15-21-11-7-3-4-8-12-21/h5-6,9-10H,2-4,7-8,11-16H2,1H3,(H,20,22). The third-order valence-electron chi connectivity index (χ3n) is 4.27. The van der Waals surface area contributed by atoms with Gasteiger partial charge >= 0.3 is 0 Å². The molecular formula is C19H30N2O2. The lowest BCUT2D eigenvalue weighted by Gasteiger charge is -2.19. The van der Waals surface area contributed by atoms with E-state index in [4.69, 9.17) is 4.74 Å². The number of benzene rings is 1. The van der Waals surface area contributed by atoms with Crippen LogP contribution < -0.4 is 5.32 Å². The second kappa shape index (κ2) is 10.4. The normalized spacial score (nSPS) is 16.0. The van der Waals surface area contributed by atoms with Crippen LogP contribution in [0.3, 0.4) is 0 Å². The van der Waals surface area contributed by atoms with Crippen LogP contribution in [0.25, 0.3) is 0 Å². The second-order valence-corrected chi connectivity index (χ2v) is 6.29. The fourth-order valence-corrected chi connectivity index (χ4v) is 2.94. The quantitative estimate of drug-likeness (QED) is 0.749. The number of nitrogens with zero attached hydrogens (tertiary/aromatic N) is 1. The molecule has 128 valence electrons. The van der Waals surface area contributed by atoms with E-state index in [0.29, 0.717) is 19.7 Å². The third-order valence-corrected chi connectivity index (χ3v) is 4.27. The SMILES string of the molecule is CCCOCc1ccccc1CNC(=O)CN1CCCCCC1. The Labute approximate surface area is 140 Å². The molecule has 4 nitrogen and oxygen atoms in total. The Morgan fingerprint density at radius 1 is 1.13 bits per heavy atom. The summed E-state index contributed by atoms with van der Waals surface area (Å²) in [5.74, 6) is 0.121. The zero-order valence-corrected chi connectivity index (χ0v) is 14.4. The Morgan fingerprint density at radius 3 is 2.52 bits per heavy atom. The van der Waals surface area contributed by atoms with Crippen LogP contribution in [0.5, 0.6) is 0 Å². The summed E-state index contributed by atoms with van der Waals surface area (Å²) in [6.07, 6.45) is 6.04. The molecule has 0 atom stereocenters. The van der Waals surface area contributed by atoms with Gasteiger partial charge < -0.3 is 10.1 Å². The highest BCUT2D eigenvalue weighted by atomic mass is 16.5. The maximum absolute atomic E-state index is 12.2. The van der Waals surface area contributed by atoms with E-state index in [2.05, 4.69) is 29.3 Å². The molecule has 0 radical (unpaired) electrons. The van der Waals surface area contributed by atoms with Gasteiger partial charge in [-0.05, 0) is 43.5 Å². The van der Waals surface area contributed by atoms with Crippen molar-refractivity contribution in [2.45, 2.75) is 52.2 Å². The molecule has 0 spiro atoms. The van der Waals surface area contributed by atoms with Gasteiger partial charge in [-0.3, -0.25) is 9.69 Å². The highest BCUT2D eigenvalue weighted by Gasteiger charge is 2.13. The number of hydrogen-bond acceptors (Lipinski definition) is 3. The molecule has 1 aromatic carbocycles. The smallest absolute Gasteiger partial charge is 0.234 e. The predicted octanol–water partition coefficient (Wildman–Crippen LogP) is 3.11. The van der Waals surface area contributed by atoms with Gasteiger partial charge in [0.25, 0.3) is 0 Å². The predicted molar refractivity (Wildman–Crippen MR) is 93.1 cm³/mol. The molecule has 1 heterocycles. The van der Waals surface area contributed by atoms with Gasteiger partial charge in [0.05, 0.1) is 13.2 Å². The molecule has 4 heteroatoms. The number of amides is 1. The molecule has 2 rings (SSSR count). The van der Waals surface area contributed by atoms with Crippen LogP contribution in [0.15, 0.2) is 24.3 Å². The van der Waals surface area contributed by atoms with Gasteiger partial charge in [-0.15, -0.1) is 0 Å². The highest BCUT2D eigenvalue weighted by molar-refractivity contribution is 5.78. The molecule has 0 saturated carbocycles. The fourth-order valence-electron chi connectivity index (χ4n) is 2.94. The molecule has 0 unspecified atom stereocenters. The van der Waals surface area contributed by atoms with Gasteiger partial charge in [0, 0.05) is 13.2 Å². The Morgan fingerprint density at radius 2 is 1.83 bits per heavy atom. The summed E-state index contributed by atoms with van der Waals surface area (Å²) in [7, 11) is 0. The summed E-state index contributed by atoms with van der Waals surface area (Å²) < 4.78 is 5.63. The zero-order chi connectivity index (χ0) is 16.3. The van der Waals surface area contributed by atoms with E-state index in [-0.39, 0.29) is 5.91 Å². The van der Waals surface area contributed by atoms with Gasteiger partial charge in [0.2, 0.25) is 5.91 Å². The molecule has 0 aromatic heterocycles. The topological polar surface area (TPSA) is 41.6 Å². The number of ether oxygens (including phenoxy) is 1. The van der Waals surface area contributed by atoms with Crippen molar-refractivity contribution in [1.82, 2.24) is 10.2 Å². The molecule has 0 bridgehead atoms. The number of rotatable bonds is 8. The van der Waals surface area contributed by atoms with Gasteiger partial charge in [-0.1, -0.05) is 44.0 Å². The molecule has 1 aliphatic heterocycles. The maximum atomic E-state index is 12.2. The van der Waals surface area contributed by atoms with Gasteiger partial charge in [0.1, 0.15) is 0 Å². The van der Waals surface area contributed by atoms with E-state index in [0.717, 1.165) is 37.2 Å². The largest absolute Gasteiger partial charge is 0.377 e. The molecule has 1 aliphatic rings. The van der Waals surface area contributed by atoms with Crippen LogP contribution >= 0.6 is 0 Å². The van der Waals surface area contributed by atoms with Gasteiger partial charge in [-0.25, -0.2) is 0 Å². The first kappa shape index (κ1) is 18.0. The monoisotopic (exact) mass is 318 g/mol. The molecule has 0 aliphatic carbocycles. The van der Waals surface area contributed by atoms with Gasteiger partial charge in [0.15, 0.2) is 0 Å². The molecule has 1 N–H and O–H groups in total. The minimum atomic E-state index is 0.121. The van der Waals surface area contributed by atoms with E-state index < -0.39 is 0 Å². The van der Waals surface area contributed by atoms with Crippen molar-refractivity contribution in [1.29, 1.82) is 0 Å². The van der Waals surface area contributed by atoms with Crippen LogP contribution in [-0.2, 0) is 22.7 Å². The van der Waals surface area contributed by atoms with E-state index in [9.17, 15) is 4.79 Å². The minimum Gasteiger partial charge on any atom is -0.377 e. The van der Waals surface area contributed by atoms with Crippen molar-refractivity contribution >= 4 is 5.91 Å². The molecule has 1 amide bonds. The van der Waals surface area contributed by atoms with Crippen LogP contribution in [0.2, 0.25) is 0 Å². The summed E-state index contributed by atoms with van der Waals surface area (Å²) in [5, 5.41) is 3.06. The van der Waals surface area contributed by atoms with Gasteiger partial charge in [-0.2, -0.15) is 0 Å². The summed E-state index contributed by atoms with van der Waals surface area (Å²) in [5.41, 5.74) is 2.31. The van der Waals surface area contributed by atoms with Crippen LogP contribution in [0.1, 0.15) is 50.2 Å². The lowest BCUT2D eigenvalue weighted by atomic mass is 10.1. The molecule has 1 fully saturated rings. The van der Waals surface area contributed by atoms with Crippen molar-refractivity contribution in [3.05, 3.63) is 35.4 Å². The van der Waals surface area contributed by atoms with E-state index in [1.807, 2.05) is 12.1 Å². The Bertz CT molecular complexity index is 468. The summed E-state index contributed by atoms with van der Waals surface area (Å²) in [6.45, 7) is 6.70. The number of carbonyl (C=O) groups excluding carboxylic acids is 1. The van der Waals surface area contributed by atoms with E-state index in [1.54, 1.807) is 0 Å². The lowest BCUT2D eigenvalue weighted by molar-refractivity contribution is -0.122. The maximum Gasteiger partial charge on any atom is 0.234 e.